The lowest BCUT2D eigenvalue weighted by atomic mass is 10.3. The van der Waals surface area contributed by atoms with Gasteiger partial charge >= 0.3 is 0 Å². The Balaban J connectivity index is 2.01. The summed E-state index contributed by atoms with van der Waals surface area (Å²) in [6, 6.07) is 17.1. The largest absolute Gasteiger partial charge is 0.497 e. The smallest absolute Gasteiger partial charge is 0.280 e. The third kappa shape index (κ3) is 3.56. The minimum Gasteiger partial charge on any atom is -0.497 e. The molecule has 0 atom stereocenters. The van der Waals surface area contributed by atoms with Gasteiger partial charge in [0.15, 0.2) is 5.69 Å². The molecule has 132 valence electrons. The molecule has 3 aromatic rings. The van der Waals surface area contributed by atoms with Gasteiger partial charge in [0.1, 0.15) is 5.75 Å². The maximum atomic E-state index is 12.5. The summed E-state index contributed by atoms with van der Waals surface area (Å²) >= 11 is 0. The summed E-state index contributed by atoms with van der Waals surface area (Å²) in [6.45, 7) is 0. The number of nitrogens with zero attached hydrogens (tertiary/aromatic N) is 2. The van der Waals surface area contributed by atoms with E-state index in [1.54, 1.807) is 55.6 Å². The molecule has 2 aromatic carbocycles. The topological polar surface area (TPSA) is 82.5 Å². The standard InChI is InChI=1S/C19H17N3O4/c1-25-15-10-8-14(9-11-15)22-17(26-2)12-16(23)18(21-22)19(24)20-13-6-4-3-5-7-13/h3-12H,1-2H3,(H,20,24). The van der Waals surface area contributed by atoms with Crippen LogP contribution in [0.15, 0.2) is 65.5 Å². The molecule has 0 aliphatic carbocycles. The molecule has 3 rings (SSSR count). The molecule has 0 saturated carbocycles. The van der Waals surface area contributed by atoms with Crippen LogP contribution in [0.5, 0.6) is 11.6 Å². The predicted octanol–water partition coefficient (Wildman–Crippen LogP) is 2.50. The first-order chi connectivity index (χ1) is 12.6. The average Bonchev–Trinajstić information content (AvgIpc) is 2.68. The van der Waals surface area contributed by atoms with Gasteiger partial charge in [-0.15, -0.1) is 0 Å². The molecule has 0 fully saturated rings. The third-order valence-electron chi connectivity index (χ3n) is 3.67. The maximum absolute atomic E-state index is 12.5. The van der Waals surface area contributed by atoms with E-state index in [4.69, 9.17) is 9.47 Å². The summed E-state index contributed by atoms with van der Waals surface area (Å²) in [5, 5.41) is 6.85. The van der Waals surface area contributed by atoms with E-state index in [0.717, 1.165) is 0 Å². The molecule has 1 amide bonds. The van der Waals surface area contributed by atoms with Gasteiger partial charge < -0.3 is 14.8 Å². The summed E-state index contributed by atoms with van der Waals surface area (Å²) in [5.41, 5.74) is 0.437. The quantitative estimate of drug-likeness (QED) is 0.764. The van der Waals surface area contributed by atoms with Gasteiger partial charge in [0.2, 0.25) is 11.3 Å². The number of hydrogen-bond donors (Lipinski definition) is 1. The minimum atomic E-state index is -0.592. The van der Waals surface area contributed by atoms with Crippen molar-refractivity contribution in [2.24, 2.45) is 0 Å². The number of benzene rings is 2. The molecule has 0 radical (unpaired) electrons. The normalized spacial score (nSPS) is 10.2. The fourth-order valence-electron chi connectivity index (χ4n) is 2.36. The van der Waals surface area contributed by atoms with Crippen molar-refractivity contribution in [3.05, 3.63) is 76.6 Å². The zero-order valence-electron chi connectivity index (χ0n) is 14.3. The first kappa shape index (κ1) is 17.2. The Morgan fingerprint density at radius 1 is 1.00 bits per heavy atom. The lowest BCUT2D eigenvalue weighted by molar-refractivity contribution is 0.101. The van der Waals surface area contributed by atoms with E-state index < -0.39 is 11.3 Å². The molecule has 1 heterocycles. The van der Waals surface area contributed by atoms with E-state index in [1.807, 2.05) is 6.07 Å². The number of aromatic nitrogens is 2. The van der Waals surface area contributed by atoms with Crippen molar-refractivity contribution in [3.8, 4) is 17.3 Å². The van der Waals surface area contributed by atoms with Crippen molar-refractivity contribution < 1.29 is 14.3 Å². The zero-order valence-corrected chi connectivity index (χ0v) is 14.3. The van der Waals surface area contributed by atoms with Crippen molar-refractivity contribution in [1.29, 1.82) is 0 Å². The summed E-state index contributed by atoms with van der Waals surface area (Å²) < 4.78 is 11.8. The van der Waals surface area contributed by atoms with Crippen molar-refractivity contribution >= 4 is 11.6 Å². The number of carbonyl (C=O) groups excluding carboxylic acids is 1. The van der Waals surface area contributed by atoms with Crippen LogP contribution < -0.4 is 20.2 Å². The molecular weight excluding hydrogens is 334 g/mol. The van der Waals surface area contributed by atoms with Crippen LogP contribution in [0.3, 0.4) is 0 Å². The first-order valence-corrected chi connectivity index (χ1v) is 7.81. The van der Waals surface area contributed by atoms with Gasteiger partial charge in [-0.1, -0.05) is 18.2 Å². The Labute approximate surface area is 149 Å². The van der Waals surface area contributed by atoms with Crippen molar-refractivity contribution in [2.75, 3.05) is 19.5 Å². The number of ether oxygens (including phenoxy) is 2. The third-order valence-corrected chi connectivity index (χ3v) is 3.67. The molecule has 1 aromatic heterocycles. The van der Waals surface area contributed by atoms with Gasteiger partial charge in [-0.2, -0.15) is 5.10 Å². The SMILES string of the molecule is COc1ccc(-n2nc(C(=O)Nc3ccccc3)c(=O)cc2OC)cc1. The van der Waals surface area contributed by atoms with Gasteiger partial charge in [0.05, 0.1) is 26.0 Å². The predicted molar refractivity (Wildman–Crippen MR) is 97.3 cm³/mol. The second-order valence-electron chi connectivity index (χ2n) is 5.33. The second-order valence-corrected chi connectivity index (χ2v) is 5.33. The average molecular weight is 351 g/mol. The number of carbonyl (C=O) groups is 1. The second kappa shape index (κ2) is 7.52. The van der Waals surface area contributed by atoms with Crippen LogP contribution in [0.1, 0.15) is 10.5 Å². The van der Waals surface area contributed by atoms with Gasteiger partial charge in [0.25, 0.3) is 5.91 Å². The van der Waals surface area contributed by atoms with Crippen LogP contribution in [0.4, 0.5) is 5.69 Å². The Morgan fingerprint density at radius 2 is 1.69 bits per heavy atom. The molecule has 0 bridgehead atoms. The van der Waals surface area contributed by atoms with Gasteiger partial charge in [0, 0.05) is 5.69 Å². The van der Waals surface area contributed by atoms with Crippen LogP contribution in [0, 0.1) is 0 Å². The van der Waals surface area contributed by atoms with Crippen molar-refractivity contribution in [3.63, 3.8) is 0 Å². The summed E-state index contributed by atoms with van der Waals surface area (Å²) in [7, 11) is 3.00. The molecule has 0 aliphatic rings. The number of amides is 1. The highest BCUT2D eigenvalue weighted by Gasteiger charge is 2.17. The van der Waals surface area contributed by atoms with Gasteiger partial charge in [-0.3, -0.25) is 9.59 Å². The van der Waals surface area contributed by atoms with Crippen LogP contribution in [0.25, 0.3) is 5.69 Å². The molecule has 0 aliphatic heterocycles. The molecule has 7 heteroatoms. The Kier molecular flexibility index (Phi) is 4.98. The summed E-state index contributed by atoms with van der Waals surface area (Å²) in [5.74, 6) is 0.304. The van der Waals surface area contributed by atoms with E-state index >= 15 is 0 Å². The van der Waals surface area contributed by atoms with Crippen LogP contribution in [-0.4, -0.2) is 29.9 Å². The number of methoxy groups -OCH3 is 2. The number of hydrogen-bond acceptors (Lipinski definition) is 5. The van der Waals surface area contributed by atoms with Crippen LogP contribution in [0.2, 0.25) is 0 Å². The highest BCUT2D eigenvalue weighted by Crippen LogP contribution is 2.18. The maximum Gasteiger partial charge on any atom is 0.280 e. The lowest BCUT2D eigenvalue weighted by Gasteiger charge is -2.13. The van der Waals surface area contributed by atoms with Gasteiger partial charge in [-0.25, -0.2) is 4.68 Å². The fraction of sp³-hybridized carbons (Fsp3) is 0.105. The molecule has 26 heavy (non-hydrogen) atoms. The minimum absolute atomic E-state index is 0.219. The first-order valence-electron chi connectivity index (χ1n) is 7.81. The van der Waals surface area contributed by atoms with E-state index in [9.17, 15) is 9.59 Å². The zero-order chi connectivity index (χ0) is 18.5. The lowest BCUT2D eigenvalue weighted by Crippen LogP contribution is -2.26. The van der Waals surface area contributed by atoms with Crippen molar-refractivity contribution in [1.82, 2.24) is 9.78 Å². The van der Waals surface area contributed by atoms with Gasteiger partial charge in [-0.05, 0) is 36.4 Å². The van der Waals surface area contributed by atoms with Crippen LogP contribution in [-0.2, 0) is 0 Å². The van der Waals surface area contributed by atoms with Crippen LogP contribution >= 0.6 is 0 Å². The van der Waals surface area contributed by atoms with E-state index in [1.165, 1.54) is 17.9 Å². The number of rotatable bonds is 5. The molecular formula is C19H17N3O4. The molecule has 1 N–H and O–H groups in total. The fourth-order valence-corrected chi connectivity index (χ4v) is 2.36. The summed E-state index contributed by atoms with van der Waals surface area (Å²) in [6.07, 6.45) is 0. The number of nitrogens with one attached hydrogen (secondary N) is 1. The summed E-state index contributed by atoms with van der Waals surface area (Å²) in [4.78, 5) is 24.7. The Bertz CT molecular complexity index is 966. The Morgan fingerprint density at radius 3 is 2.31 bits per heavy atom. The van der Waals surface area contributed by atoms with E-state index in [2.05, 4.69) is 10.4 Å². The molecule has 0 unspecified atom stereocenters. The highest BCUT2D eigenvalue weighted by atomic mass is 16.5. The van der Waals surface area contributed by atoms with E-state index in [-0.39, 0.29) is 11.6 Å². The number of anilines is 1. The molecule has 7 nitrogen and oxygen atoms in total. The molecule has 0 saturated heterocycles. The van der Waals surface area contributed by atoms with Crippen molar-refractivity contribution in [2.45, 2.75) is 0 Å². The highest BCUT2D eigenvalue weighted by molar-refractivity contribution is 6.02. The number of para-hydroxylation sites is 1. The van der Waals surface area contributed by atoms with E-state index in [0.29, 0.717) is 17.1 Å². The Hall–Kier alpha value is -3.61. The molecule has 0 spiro atoms. The monoisotopic (exact) mass is 351 g/mol.